The first-order chi connectivity index (χ1) is 16.8. The molecule has 0 spiro atoms. The number of alkyl halides is 5. The summed E-state index contributed by atoms with van der Waals surface area (Å²) in [6.07, 6.45) is -5.93. The van der Waals surface area contributed by atoms with E-state index in [0.29, 0.717) is 25.7 Å². The van der Waals surface area contributed by atoms with Crippen molar-refractivity contribution in [1.29, 1.82) is 0 Å². The van der Waals surface area contributed by atoms with Gasteiger partial charge in [-0.25, -0.2) is 4.98 Å². The monoisotopic (exact) mass is 515 g/mol. The number of pyridine rings is 1. The van der Waals surface area contributed by atoms with E-state index in [9.17, 15) is 31.5 Å². The molecule has 9 nitrogen and oxygen atoms in total. The maximum Gasteiger partial charge on any atom is 0.586 e. The van der Waals surface area contributed by atoms with Gasteiger partial charge in [0.2, 0.25) is 5.91 Å². The summed E-state index contributed by atoms with van der Waals surface area (Å²) in [5, 5.41) is 5.47. The molecule has 14 heteroatoms. The van der Waals surface area contributed by atoms with Crippen LogP contribution in [0.5, 0.6) is 23.0 Å². The van der Waals surface area contributed by atoms with Gasteiger partial charge < -0.3 is 29.6 Å². The highest BCUT2D eigenvalue weighted by Crippen LogP contribution is 2.61. The predicted octanol–water partition coefficient (Wildman–Crippen LogP) is 3.75. The molecule has 36 heavy (non-hydrogen) atoms. The van der Waals surface area contributed by atoms with Gasteiger partial charge in [-0.05, 0) is 49.9 Å². The van der Waals surface area contributed by atoms with Crippen LogP contribution in [0, 0.1) is 5.41 Å². The minimum Gasteiger partial charge on any atom is -0.484 e. The molecule has 3 saturated carbocycles. The highest BCUT2D eigenvalue weighted by Gasteiger charge is 2.65. The van der Waals surface area contributed by atoms with E-state index in [2.05, 4.69) is 29.8 Å². The summed E-state index contributed by atoms with van der Waals surface area (Å²) in [5.74, 6) is -1.44. The van der Waals surface area contributed by atoms with Crippen LogP contribution in [0.2, 0.25) is 0 Å². The van der Waals surface area contributed by atoms with Crippen molar-refractivity contribution >= 4 is 17.6 Å². The minimum absolute atomic E-state index is 0.0761. The highest BCUT2D eigenvalue weighted by molar-refractivity contribution is 5.96. The number of nitrogens with one attached hydrogen (secondary N) is 2. The number of nitrogens with zero attached hydrogens (tertiary/aromatic N) is 1. The van der Waals surface area contributed by atoms with Crippen molar-refractivity contribution in [3.8, 4) is 23.0 Å². The number of hydrogen-bond acceptors (Lipinski definition) is 7. The SMILES string of the molecule is O=C(COc1ccc2c(c1)OC(F)(F)O2)NC12CCC(C(=O)Nc3ccc(OC(F)(F)F)cn3)(C1)C2. The summed E-state index contributed by atoms with van der Waals surface area (Å²) in [4.78, 5) is 29.0. The zero-order chi connectivity index (χ0) is 25.8. The zero-order valence-corrected chi connectivity index (χ0v) is 18.3. The molecular weight excluding hydrogens is 497 g/mol. The lowest BCUT2D eigenvalue weighted by Crippen LogP contribution is -2.59. The van der Waals surface area contributed by atoms with Crippen molar-refractivity contribution in [2.24, 2.45) is 5.41 Å². The summed E-state index contributed by atoms with van der Waals surface area (Å²) >= 11 is 0. The third-order valence-electron chi connectivity index (χ3n) is 6.28. The lowest BCUT2D eigenvalue weighted by Gasteiger charge is -2.46. The lowest BCUT2D eigenvalue weighted by molar-refractivity contribution is -0.286. The fraction of sp³-hybridized carbons (Fsp3) is 0.409. The fourth-order valence-electron chi connectivity index (χ4n) is 4.90. The van der Waals surface area contributed by atoms with Crippen molar-refractivity contribution in [3.05, 3.63) is 36.5 Å². The van der Waals surface area contributed by atoms with Gasteiger partial charge in [0.05, 0.1) is 11.6 Å². The van der Waals surface area contributed by atoms with Crippen molar-refractivity contribution < 1.29 is 50.5 Å². The normalized spacial score (nSPS) is 25.0. The van der Waals surface area contributed by atoms with Gasteiger partial charge in [-0.3, -0.25) is 9.59 Å². The Labute approximate surface area is 199 Å². The van der Waals surface area contributed by atoms with Crippen LogP contribution in [0.4, 0.5) is 27.8 Å². The number of carbonyl (C=O) groups excluding carboxylic acids is 2. The molecular formula is C22H18F5N3O6. The fourth-order valence-corrected chi connectivity index (χ4v) is 4.90. The number of ether oxygens (including phenoxy) is 4. The molecule has 1 aromatic carbocycles. The first kappa shape index (κ1) is 23.9. The average Bonchev–Trinajstić information content (AvgIpc) is 3.40. The molecule has 2 N–H and O–H groups in total. The van der Waals surface area contributed by atoms with Crippen LogP contribution >= 0.6 is 0 Å². The third-order valence-corrected chi connectivity index (χ3v) is 6.28. The summed E-state index contributed by atoms with van der Waals surface area (Å²) < 4.78 is 80.7. The molecule has 0 radical (unpaired) electrons. The van der Waals surface area contributed by atoms with Crippen molar-refractivity contribution in [2.45, 2.75) is 43.9 Å². The van der Waals surface area contributed by atoms with Crippen LogP contribution < -0.4 is 29.6 Å². The summed E-state index contributed by atoms with van der Waals surface area (Å²) in [6, 6.07) is 6.03. The van der Waals surface area contributed by atoms with Gasteiger partial charge in [-0.1, -0.05) is 0 Å². The molecule has 2 bridgehead atoms. The van der Waals surface area contributed by atoms with E-state index in [1.807, 2.05) is 0 Å². The molecule has 3 aliphatic carbocycles. The van der Waals surface area contributed by atoms with Crippen molar-refractivity contribution in [2.75, 3.05) is 11.9 Å². The third kappa shape index (κ3) is 4.79. The van der Waals surface area contributed by atoms with Gasteiger partial charge >= 0.3 is 12.7 Å². The molecule has 0 saturated heterocycles. The predicted molar refractivity (Wildman–Crippen MR) is 109 cm³/mol. The maximum absolute atomic E-state index is 13.1. The first-order valence-corrected chi connectivity index (χ1v) is 10.7. The van der Waals surface area contributed by atoms with Gasteiger partial charge in [-0.15, -0.1) is 22.0 Å². The standard InChI is InChI=1S/C22H18F5N3O6/c23-21(24,25)34-13-2-4-16(28-8-13)29-18(32)19-5-6-20(10-19,11-19)30-17(31)9-33-12-1-3-14-15(7-12)36-22(26,27)35-14/h1-4,7-8H,5-6,9-11H2,(H,30,31)(H,28,29,32). The molecule has 1 aliphatic heterocycles. The molecule has 0 atom stereocenters. The van der Waals surface area contributed by atoms with Crippen molar-refractivity contribution in [1.82, 2.24) is 10.3 Å². The Morgan fingerprint density at radius 1 is 1.03 bits per heavy atom. The number of rotatable bonds is 7. The number of anilines is 1. The Hall–Kier alpha value is -3.84. The summed E-state index contributed by atoms with van der Waals surface area (Å²) in [7, 11) is 0. The van der Waals surface area contributed by atoms with E-state index in [1.54, 1.807) is 0 Å². The van der Waals surface area contributed by atoms with E-state index in [4.69, 9.17) is 4.74 Å². The number of benzene rings is 1. The first-order valence-electron chi connectivity index (χ1n) is 10.7. The average molecular weight is 515 g/mol. The number of carbonyl (C=O) groups is 2. The Morgan fingerprint density at radius 3 is 2.44 bits per heavy atom. The van der Waals surface area contributed by atoms with Crippen LogP contribution in [-0.2, 0) is 9.59 Å². The van der Waals surface area contributed by atoms with E-state index in [-0.39, 0.29) is 35.6 Å². The van der Waals surface area contributed by atoms with E-state index in [0.717, 1.165) is 12.3 Å². The number of aromatic nitrogens is 1. The van der Waals surface area contributed by atoms with Crippen LogP contribution in [0.1, 0.15) is 25.7 Å². The molecule has 3 fully saturated rings. The van der Waals surface area contributed by atoms with Crippen LogP contribution in [0.15, 0.2) is 36.5 Å². The number of hydrogen-bond donors (Lipinski definition) is 2. The number of fused-ring (bicyclic) bond motifs is 2. The largest absolute Gasteiger partial charge is 0.586 e. The lowest BCUT2D eigenvalue weighted by atomic mass is 9.64. The van der Waals surface area contributed by atoms with Gasteiger partial charge in [0.1, 0.15) is 17.3 Å². The van der Waals surface area contributed by atoms with E-state index in [1.165, 1.54) is 24.3 Å². The molecule has 4 aliphatic rings. The highest BCUT2D eigenvalue weighted by atomic mass is 19.4. The summed E-state index contributed by atoms with van der Waals surface area (Å²) in [6.45, 7) is -0.382. The molecule has 2 aromatic rings. The Balaban J connectivity index is 1.10. The molecule has 6 rings (SSSR count). The Kier molecular flexibility index (Phi) is 5.37. The smallest absolute Gasteiger partial charge is 0.484 e. The molecule has 2 amide bonds. The van der Waals surface area contributed by atoms with Gasteiger partial charge in [-0.2, -0.15) is 0 Å². The van der Waals surface area contributed by atoms with Crippen LogP contribution in [0.3, 0.4) is 0 Å². The quantitative estimate of drug-likeness (QED) is 0.541. The van der Waals surface area contributed by atoms with Crippen molar-refractivity contribution in [3.63, 3.8) is 0 Å². The van der Waals surface area contributed by atoms with E-state index < -0.39 is 35.3 Å². The second-order valence-electron chi connectivity index (χ2n) is 8.91. The zero-order valence-electron chi connectivity index (χ0n) is 18.3. The number of halogens is 5. The van der Waals surface area contributed by atoms with Gasteiger partial charge in [0.15, 0.2) is 18.1 Å². The maximum atomic E-state index is 13.1. The van der Waals surface area contributed by atoms with Gasteiger partial charge in [0.25, 0.3) is 5.91 Å². The van der Waals surface area contributed by atoms with Gasteiger partial charge in [0, 0.05) is 11.6 Å². The van der Waals surface area contributed by atoms with Crippen LogP contribution in [0.25, 0.3) is 0 Å². The van der Waals surface area contributed by atoms with Crippen LogP contribution in [-0.4, -0.2) is 41.6 Å². The molecule has 0 unspecified atom stereocenters. The summed E-state index contributed by atoms with van der Waals surface area (Å²) in [5.41, 5.74) is -1.30. The van der Waals surface area contributed by atoms with E-state index >= 15 is 0 Å². The second kappa shape index (κ2) is 8.10. The Bertz CT molecular complexity index is 1200. The minimum atomic E-state index is -4.84. The number of amides is 2. The molecule has 1 aromatic heterocycles. The topological polar surface area (TPSA) is 108 Å². The second-order valence-corrected chi connectivity index (χ2v) is 8.91. The molecule has 192 valence electrons. The molecule has 2 heterocycles. The Morgan fingerprint density at radius 2 is 1.75 bits per heavy atom.